The molecular weight excluding hydrogens is 303 g/mol. The molecule has 0 spiro atoms. The number of rotatable bonds is 4. The maximum absolute atomic E-state index is 13.2. The van der Waals surface area contributed by atoms with Crippen LogP contribution in [-0.2, 0) is 4.79 Å². The number of ketones is 1. The second kappa shape index (κ2) is 5.16. The van der Waals surface area contributed by atoms with Crippen LogP contribution in [0.25, 0.3) is 0 Å². The lowest BCUT2D eigenvalue weighted by Gasteiger charge is -2.17. The Balaban J connectivity index is 2.36. The molecule has 1 N–H and O–H groups in total. The minimum Gasteiger partial charge on any atom is -0.315 e. The van der Waals surface area contributed by atoms with E-state index in [0.717, 1.165) is 12.6 Å². The van der Waals surface area contributed by atoms with Crippen molar-refractivity contribution in [3.05, 3.63) is 28.0 Å². The molecule has 1 amide bonds. The third kappa shape index (κ3) is 2.18. The van der Waals surface area contributed by atoms with Crippen LogP contribution in [-0.4, -0.2) is 31.3 Å². The molecule has 1 aliphatic heterocycles. The Kier molecular flexibility index (Phi) is 3.77. The molecule has 18 heavy (non-hydrogen) atoms. The van der Waals surface area contributed by atoms with Crippen LogP contribution in [0.5, 0.6) is 0 Å². The molecule has 1 aromatic rings. The molecule has 96 valence electrons. The zero-order valence-electron chi connectivity index (χ0n) is 9.80. The standard InChI is InChI=1S/C12H12BrFN2O2/c1-2-15-3-4-16-10-8(11(17)12(16)18)5-7(14)6-9(10)13/h5-6,15H,2-4H2,1H3. The first-order valence-electron chi connectivity index (χ1n) is 5.62. The second-order valence-corrected chi connectivity index (χ2v) is 4.78. The van der Waals surface area contributed by atoms with Crippen molar-refractivity contribution < 1.29 is 14.0 Å². The second-order valence-electron chi connectivity index (χ2n) is 3.92. The number of hydrogen-bond donors (Lipinski definition) is 1. The Morgan fingerprint density at radius 2 is 2.11 bits per heavy atom. The van der Waals surface area contributed by atoms with Gasteiger partial charge in [-0.15, -0.1) is 0 Å². The number of carbonyl (C=O) groups excluding carboxylic acids is 2. The van der Waals surface area contributed by atoms with Crippen LogP contribution in [0, 0.1) is 5.82 Å². The SMILES string of the molecule is CCNCCN1C(=O)C(=O)c2cc(F)cc(Br)c21. The summed E-state index contributed by atoms with van der Waals surface area (Å²) in [6.45, 7) is 3.71. The van der Waals surface area contributed by atoms with Gasteiger partial charge < -0.3 is 10.2 Å². The quantitative estimate of drug-likeness (QED) is 0.680. The predicted octanol–water partition coefficient (Wildman–Crippen LogP) is 1.73. The minimum absolute atomic E-state index is 0.128. The zero-order valence-corrected chi connectivity index (χ0v) is 11.4. The van der Waals surface area contributed by atoms with Gasteiger partial charge in [0.15, 0.2) is 0 Å². The lowest BCUT2D eigenvalue weighted by molar-refractivity contribution is -0.114. The van der Waals surface area contributed by atoms with Crippen LogP contribution < -0.4 is 10.2 Å². The van der Waals surface area contributed by atoms with Crippen molar-refractivity contribution in [1.29, 1.82) is 0 Å². The van der Waals surface area contributed by atoms with Gasteiger partial charge in [0.1, 0.15) is 5.82 Å². The fraction of sp³-hybridized carbons (Fsp3) is 0.333. The van der Waals surface area contributed by atoms with Crippen molar-refractivity contribution >= 4 is 33.3 Å². The Bertz CT molecular complexity index is 519. The van der Waals surface area contributed by atoms with E-state index in [1.807, 2.05) is 6.92 Å². The molecular formula is C12H12BrFN2O2. The molecule has 4 nitrogen and oxygen atoms in total. The monoisotopic (exact) mass is 314 g/mol. The molecule has 1 aromatic carbocycles. The number of likely N-dealkylation sites (N-methyl/N-ethyl adjacent to an activating group) is 1. The van der Waals surface area contributed by atoms with E-state index >= 15 is 0 Å². The fourth-order valence-electron chi connectivity index (χ4n) is 1.93. The van der Waals surface area contributed by atoms with Gasteiger partial charge in [0, 0.05) is 17.6 Å². The van der Waals surface area contributed by atoms with Crippen molar-refractivity contribution in [2.75, 3.05) is 24.5 Å². The molecule has 0 saturated heterocycles. The Morgan fingerprint density at radius 3 is 2.78 bits per heavy atom. The summed E-state index contributed by atoms with van der Waals surface area (Å²) in [4.78, 5) is 24.9. The van der Waals surface area contributed by atoms with Gasteiger partial charge in [-0.25, -0.2) is 4.39 Å². The third-order valence-electron chi connectivity index (χ3n) is 2.74. The molecule has 2 rings (SSSR count). The summed E-state index contributed by atoms with van der Waals surface area (Å²) < 4.78 is 13.7. The largest absolute Gasteiger partial charge is 0.315 e. The van der Waals surface area contributed by atoms with Crippen LogP contribution in [0.3, 0.4) is 0 Å². The van der Waals surface area contributed by atoms with Gasteiger partial charge in [0.25, 0.3) is 11.7 Å². The topological polar surface area (TPSA) is 49.4 Å². The van der Waals surface area contributed by atoms with Gasteiger partial charge in [-0.05, 0) is 34.6 Å². The number of amides is 1. The first-order valence-corrected chi connectivity index (χ1v) is 6.41. The zero-order chi connectivity index (χ0) is 13.3. The number of hydrogen-bond acceptors (Lipinski definition) is 3. The number of nitrogens with one attached hydrogen (secondary N) is 1. The number of halogens is 2. The molecule has 0 unspecified atom stereocenters. The van der Waals surface area contributed by atoms with Crippen LogP contribution >= 0.6 is 15.9 Å². The van der Waals surface area contributed by atoms with Crippen molar-refractivity contribution in [2.24, 2.45) is 0 Å². The van der Waals surface area contributed by atoms with E-state index in [2.05, 4.69) is 21.2 Å². The van der Waals surface area contributed by atoms with Gasteiger partial charge >= 0.3 is 0 Å². The van der Waals surface area contributed by atoms with Crippen LogP contribution in [0.4, 0.5) is 10.1 Å². The number of Topliss-reactive ketones (excluding diaryl/α,β-unsaturated/α-hetero) is 1. The lowest BCUT2D eigenvalue weighted by atomic mass is 10.1. The van der Waals surface area contributed by atoms with Gasteiger partial charge in [-0.2, -0.15) is 0 Å². The molecule has 1 heterocycles. The number of benzene rings is 1. The maximum atomic E-state index is 13.2. The van der Waals surface area contributed by atoms with Gasteiger partial charge in [0.2, 0.25) is 0 Å². The van der Waals surface area contributed by atoms with E-state index < -0.39 is 17.5 Å². The fourth-order valence-corrected chi connectivity index (χ4v) is 2.58. The van der Waals surface area contributed by atoms with Crippen LogP contribution in [0.2, 0.25) is 0 Å². The Morgan fingerprint density at radius 1 is 1.39 bits per heavy atom. The summed E-state index contributed by atoms with van der Waals surface area (Å²) >= 11 is 3.20. The first kappa shape index (κ1) is 13.2. The van der Waals surface area contributed by atoms with Crippen molar-refractivity contribution in [3.63, 3.8) is 0 Å². The summed E-state index contributed by atoms with van der Waals surface area (Å²) in [6, 6.07) is 2.36. The molecule has 0 radical (unpaired) electrons. The molecule has 0 atom stereocenters. The van der Waals surface area contributed by atoms with Gasteiger partial charge in [-0.1, -0.05) is 6.92 Å². The molecule has 6 heteroatoms. The average Bonchev–Trinajstić information content (AvgIpc) is 2.55. The molecule has 0 saturated carbocycles. The highest BCUT2D eigenvalue weighted by Gasteiger charge is 2.37. The highest BCUT2D eigenvalue weighted by Crippen LogP contribution is 2.36. The van der Waals surface area contributed by atoms with Crippen molar-refractivity contribution in [2.45, 2.75) is 6.92 Å². The van der Waals surface area contributed by atoms with Crippen LogP contribution in [0.1, 0.15) is 17.3 Å². The van der Waals surface area contributed by atoms with Crippen molar-refractivity contribution in [1.82, 2.24) is 5.32 Å². The van der Waals surface area contributed by atoms with Crippen LogP contribution in [0.15, 0.2) is 16.6 Å². The van der Waals surface area contributed by atoms with E-state index in [1.165, 1.54) is 11.0 Å². The molecule has 1 aliphatic rings. The summed E-state index contributed by atoms with van der Waals surface area (Å²) in [5.74, 6) is -1.79. The third-order valence-corrected chi connectivity index (χ3v) is 3.35. The van der Waals surface area contributed by atoms with E-state index in [1.54, 1.807) is 0 Å². The molecule has 0 fully saturated rings. The summed E-state index contributed by atoms with van der Waals surface area (Å²) in [5, 5.41) is 3.08. The predicted molar refractivity (Wildman–Crippen MR) is 69.3 cm³/mol. The molecule has 0 bridgehead atoms. The van der Waals surface area contributed by atoms with E-state index in [-0.39, 0.29) is 5.56 Å². The summed E-state index contributed by atoms with van der Waals surface area (Å²) in [6.07, 6.45) is 0. The normalized spacial score (nSPS) is 14.3. The highest BCUT2D eigenvalue weighted by molar-refractivity contribution is 9.10. The van der Waals surface area contributed by atoms with Gasteiger partial charge in [0.05, 0.1) is 11.3 Å². The molecule has 0 aliphatic carbocycles. The first-order chi connectivity index (χ1) is 8.56. The Hall–Kier alpha value is -1.27. The van der Waals surface area contributed by atoms with E-state index in [4.69, 9.17) is 0 Å². The summed E-state index contributed by atoms with van der Waals surface area (Å²) in [5.41, 5.74) is 0.590. The Labute approximate surface area is 112 Å². The maximum Gasteiger partial charge on any atom is 0.299 e. The van der Waals surface area contributed by atoms with Gasteiger partial charge in [-0.3, -0.25) is 9.59 Å². The smallest absolute Gasteiger partial charge is 0.299 e. The number of carbonyl (C=O) groups is 2. The minimum atomic E-state index is -0.651. The highest BCUT2D eigenvalue weighted by atomic mass is 79.9. The lowest BCUT2D eigenvalue weighted by Crippen LogP contribution is -2.36. The van der Waals surface area contributed by atoms with E-state index in [0.29, 0.717) is 23.2 Å². The molecule has 0 aromatic heterocycles. The van der Waals surface area contributed by atoms with E-state index in [9.17, 15) is 14.0 Å². The number of fused-ring (bicyclic) bond motifs is 1. The summed E-state index contributed by atoms with van der Waals surface area (Å²) in [7, 11) is 0. The number of anilines is 1. The number of nitrogens with zero attached hydrogens (tertiary/aromatic N) is 1. The van der Waals surface area contributed by atoms with Crippen molar-refractivity contribution in [3.8, 4) is 0 Å². The average molecular weight is 315 g/mol.